The Bertz CT molecular complexity index is 1220. The number of nitrogens with zero attached hydrogens (tertiary/aromatic N) is 2. The van der Waals surface area contributed by atoms with Gasteiger partial charge in [0.15, 0.2) is 0 Å². The molecule has 0 aliphatic carbocycles. The minimum Gasteiger partial charge on any atom is -0.287 e. The standard InChI is InChI=1S/C21H13F3N2O/c22-14-10-9-13(18(24)11-14)12-26-19-8-4-2-6-16(19)21(27)20(25-26)15-5-1-3-7-17(15)23/h1-11H,12H2. The average molecular weight is 366 g/mol. The maximum Gasteiger partial charge on any atom is 0.216 e. The van der Waals surface area contributed by atoms with Crippen LogP contribution in [-0.2, 0) is 6.54 Å². The second kappa shape index (κ2) is 6.72. The summed E-state index contributed by atoms with van der Waals surface area (Å²) in [4.78, 5) is 12.8. The van der Waals surface area contributed by atoms with Crippen molar-refractivity contribution in [3.05, 3.63) is 100.0 Å². The Labute approximate surface area is 152 Å². The average Bonchev–Trinajstić information content (AvgIpc) is 2.67. The molecule has 1 heterocycles. The molecule has 4 aromatic rings. The SMILES string of the molecule is O=c1c(-c2ccccc2F)nn(Cc2ccc(F)cc2F)c2ccccc12. The lowest BCUT2D eigenvalue weighted by molar-refractivity contribution is 0.560. The van der Waals surface area contributed by atoms with Crippen LogP contribution in [0.3, 0.4) is 0 Å². The lowest BCUT2D eigenvalue weighted by Crippen LogP contribution is -2.18. The fourth-order valence-electron chi connectivity index (χ4n) is 3.00. The molecule has 0 unspecified atom stereocenters. The first kappa shape index (κ1) is 17.0. The molecule has 0 atom stereocenters. The van der Waals surface area contributed by atoms with Crippen LogP contribution in [0.5, 0.6) is 0 Å². The normalized spacial score (nSPS) is 11.1. The molecule has 0 amide bonds. The van der Waals surface area contributed by atoms with Gasteiger partial charge in [0, 0.05) is 22.6 Å². The molecule has 0 saturated heterocycles. The summed E-state index contributed by atoms with van der Waals surface area (Å²) in [5, 5.41) is 4.64. The van der Waals surface area contributed by atoms with Crippen LogP contribution >= 0.6 is 0 Å². The van der Waals surface area contributed by atoms with Gasteiger partial charge >= 0.3 is 0 Å². The van der Waals surface area contributed by atoms with E-state index >= 15 is 0 Å². The molecule has 0 fully saturated rings. The Kier molecular flexibility index (Phi) is 4.24. The van der Waals surface area contributed by atoms with Crippen LogP contribution in [0.2, 0.25) is 0 Å². The van der Waals surface area contributed by atoms with Gasteiger partial charge in [-0.25, -0.2) is 13.2 Å². The van der Waals surface area contributed by atoms with Gasteiger partial charge in [0.2, 0.25) is 5.43 Å². The second-order valence-electron chi connectivity index (χ2n) is 6.07. The largest absolute Gasteiger partial charge is 0.287 e. The van der Waals surface area contributed by atoms with Crippen molar-refractivity contribution in [1.82, 2.24) is 9.78 Å². The van der Waals surface area contributed by atoms with Crippen LogP contribution in [-0.4, -0.2) is 9.78 Å². The van der Waals surface area contributed by atoms with Crippen molar-refractivity contribution >= 4 is 10.9 Å². The molecular weight excluding hydrogens is 353 g/mol. The van der Waals surface area contributed by atoms with E-state index in [1.165, 1.54) is 28.9 Å². The van der Waals surface area contributed by atoms with E-state index in [1.807, 2.05) is 0 Å². The van der Waals surface area contributed by atoms with E-state index in [9.17, 15) is 18.0 Å². The zero-order valence-corrected chi connectivity index (χ0v) is 14.0. The van der Waals surface area contributed by atoms with Crippen molar-refractivity contribution in [2.75, 3.05) is 0 Å². The monoisotopic (exact) mass is 366 g/mol. The number of rotatable bonds is 3. The number of halogens is 3. The van der Waals surface area contributed by atoms with Gasteiger partial charge in [-0.3, -0.25) is 9.48 Å². The third kappa shape index (κ3) is 3.10. The van der Waals surface area contributed by atoms with Crippen molar-refractivity contribution in [1.29, 1.82) is 0 Å². The number of benzene rings is 3. The smallest absolute Gasteiger partial charge is 0.216 e. The van der Waals surface area contributed by atoms with Crippen LogP contribution in [0.15, 0.2) is 71.5 Å². The van der Waals surface area contributed by atoms with Crippen LogP contribution in [0.1, 0.15) is 5.56 Å². The second-order valence-corrected chi connectivity index (χ2v) is 6.07. The minimum atomic E-state index is -0.716. The maximum absolute atomic E-state index is 14.2. The zero-order valence-electron chi connectivity index (χ0n) is 14.0. The van der Waals surface area contributed by atoms with Gasteiger partial charge in [0.25, 0.3) is 0 Å². The van der Waals surface area contributed by atoms with Crippen LogP contribution in [0.25, 0.3) is 22.2 Å². The summed E-state index contributed by atoms with van der Waals surface area (Å²) in [5.74, 6) is -1.97. The summed E-state index contributed by atoms with van der Waals surface area (Å²) in [7, 11) is 0. The van der Waals surface area contributed by atoms with E-state index in [0.717, 1.165) is 12.1 Å². The molecule has 0 N–H and O–H groups in total. The molecular formula is C21H13F3N2O. The Morgan fingerprint density at radius 3 is 2.37 bits per heavy atom. The molecule has 4 rings (SSSR count). The third-order valence-corrected chi connectivity index (χ3v) is 4.33. The Balaban J connectivity index is 1.96. The van der Waals surface area contributed by atoms with Crippen molar-refractivity contribution < 1.29 is 13.2 Å². The van der Waals surface area contributed by atoms with Gasteiger partial charge in [-0.05, 0) is 30.3 Å². The third-order valence-electron chi connectivity index (χ3n) is 4.33. The molecule has 6 heteroatoms. The number of fused-ring (bicyclic) bond motifs is 1. The van der Waals surface area contributed by atoms with Crippen LogP contribution in [0.4, 0.5) is 13.2 Å². The van der Waals surface area contributed by atoms with Gasteiger partial charge in [-0.1, -0.05) is 30.3 Å². The summed E-state index contributed by atoms with van der Waals surface area (Å²) < 4.78 is 42.9. The van der Waals surface area contributed by atoms with E-state index in [1.54, 1.807) is 30.3 Å². The van der Waals surface area contributed by atoms with Crippen LogP contribution < -0.4 is 5.43 Å². The summed E-state index contributed by atoms with van der Waals surface area (Å²) in [6, 6.07) is 15.8. The molecule has 3 nitrogen and oxygen atoms in total. The van der Waals surface area contributed by atoms with E-state index in [2.05, 4.69) is 5.10 Å². The summed E-state index contributed by atoms with van der Waals surface area (Å²) in [6.07, 6.45) is 0. The highest BCUT2D eigenvalue weighted by molar-refractivity contribution is 5.82. The highest BCUT2D eigenvalue weighted by atomic mass is 19.1. The van der Waals surface area contributed by atoms with Crippen molar-refractivity contribution in [3.8, 4) is 11.3 Å². The van der Waals surface area contributed by atoms with Crippen molar-refractivity contribution in [2.24, 2.45) is 0 Å². The lowest BCUT2D eigenvalue weighted by atomic mass is 10.1. The zero-order chi connectivity index (χ0) is 19.0. The first-order chi connectivity index (χ1) is 13.0. The lowest BCUT2D eigenvalue weighted by Gasteiger charge is -2.13. The summed E-state index contributed by atoms with van der Waals surface area (Å²) >= 11 is 0. The van der Waals surface area contributed by atoms with Gasteiger partial charge in [-0.15, -0.1) is 0 Å². The molecule has 0 spiro atoms. The Morgan fingerprint density at radius 2 is 1.59 bits per heavy atom. The van der Waals surface area contributed by atoms with Crippen molar-refractivity contribution in [3.63, 3.8) is 0 Å². The van der Waals surface area contributed by atoms with Gasteiger partial charge in [0.1, 0.15) is 23.1 Å². The molecule has 0 radical (unpaired) electrons. The predicted molar refractivity (Wildman–Crippen MR) is 96.9 cm³/mol. The maximum atomic E-state index is 14.2. The topological polar surface area (TPSA) is 34.9 Å². The summed E-state index contributed by atoms with van der Waals surface area (Å²) in [6.45, 7) is -0.0334. The quantitative estimate of drug-likeness (QED) is 0.534. The van der Waals surface area contributed by atoms with Crippen LogP contribution in [0, 0.1) is 17.5 Å². The molecule has 0 aliphatic heterocycles. The molecule has 0 saturated carbocycles. The van der Waals surface area contributed by atoms with Gasteiger partial charge in [0.05, 0.1) is 12.1 Å². The fourth-order valence-corrected chi connectivity index (χ4v) is 3.00. The fraction of sp³-hybridized carbons (Fsp3) is 0.0476. The van der Waals surface area contributed by atoms with E-state index in [4.69, 9.17) is 0 Å². The number of para-hydroxylation sites is 1. The van der Waals surface area contributed by atoms with E-state index in [-0.39, 0.29) is 23.4 Å². The Morgan fingerprint density at radius 1 is 0.852 bits per heavy atom. The molecule has 134 valence electrons. The molecule has 0 bridgehead atoms. The molecule has 0 aliphatic rings. The number of hydrogen-bond acceptors (Lipinski definition) is 2. The number of aromatic nitrogens is 2. The predicted octanol–water partition coefficient (Wildman–Crippen LogP) is 4.53. The van der Waals surface area contributed by atoms with Gasteiger partial charge < -0.3 is 0 Å². The van der Waals surface area contributed by atoms with Gasteiger partial charge in [-0.2, -0.15) is 5.10 Å². The Hall–Kier alpha value is -3.41. The molecule has 27 heavy (non-hydrogen) atoms. The molecule has 1 aromatic heterocycles. The molecule has 3 aromatic carbocycles. The highest BCUT2D eigenvalue weighted by Crippen LogP contribution is 2.21. The van der Waals surface area contributed by atoms with E-state index < -0.39 is 22.9 Å². The highest BCUT2D eigenvalue weighted by Gasteiger charge is 2.16. The summed E-state index contributed by atoms with van der Waals surface area (Å²) in [5.41, 5.74) is 0.283. The van der Waals surface area contributed by atoms with Crippen molar-refractivity contribution in [2.45, 2.75) is 6.54 Å². The first-order valence-electron chi connectivity index (χ1n) is 8.23. The first-order valence-corrected chi connectivity index (χ1v) is 8.23. The van der Waals surface area contributed by atoms with E-state index in [0.29, 0.717) is 10.9 Å². The minimum absolute atomic E-state index is 0.0334. The number of hydrogen-bond donors (Lipinski definition) is 0.